The monoisotopic (exact) mass is 326 g/mol. The number of rotatable bonds is 3. The van der Waals surface area contributed by atoms with Gasteiger partial charge in [0, 0.05) is 4.47 Å². The van der Waals surface area contributed by atoms with Crippen molar-refractivity contribution in [3.8, 4) is 6.07 Å². The minimum absolute atomic E-state index is 0.144. The summed E-state index contributed by atoms with van der Waals surface area (Å²) < 4.78 is 0.797. The first-order chi connectivity index (χ1) is 8.72. The molecule has 0 saturated heterocycles. The summed E-state index contributed by atoms with van der Waals surface area (Å²) in [5.41, 5.74) is 0. The van der Waals surface area contributed by atoms with Crippen LogP contribution < -0.4 is 5.32 Å². The molecule has 0 radical (unpaired) electrons. The number of halogens is 1. The quantitative estimate of drug-likeness (QED) is 0.920. The highest BCUT2D eigenvalue weighted by Gasteiger charge is 2.26. The van der Waals surface area contributed by atoms with E-state index in [2.05, 4.69) is 27.3 Å². The van der Waals surface area contributed by atoms with E-state index < -0.39 is 0 Å². The van der Waals surface area contributed by atoms with E-state index in [1.807, 2.05) is 11.4 Å². The van der Waals surface area contributed by atoms with Gasteiger partial charge in [-0.15, -0.1) is 11.3 Å². The standard InChI is InChI=1S/C13H15BrN2OS/c14-10-6-7-18-12(10)13(17)16-11(8-15)9-4-2-1-3-5-9/h6-7,9,11H,1-5H2,(H,16,17). The Labute approximate surface area is 119 Å². The molecule has 1 amide bonds. The SMILES string of the molecule is N#CC(NC(=O)c1sccc1Br)C1CCCCC1. The van der Waals surface area contributed by atoms with Gasteiger partial charge in [0.15, 0.2) is 0 Å². The van der Waals surface area contributed by atoms with Gasteiger partial charge in [-0.3, -0.25) is 4.79 Å². The summed E-state index contributed by atoms with van der Waals surface area (Å²) in [5.74, 6) is 0.167. The highest BCUT2D eigenvalue weighted by molar-refractivity contribution is 9.10. The number of nitrogens with zero attached hydrogens (tertiary/aromatic N) is 1. The highest BCUT2D eigenvalue weighted by atomic mass is 79.9. The lowest BCUT2D eigenvalue weighted by Crippen LogP contribution is -2.39. The molecule has 1 atom stereocenters. The average Bonchev–Trinajstić information content (AvgIpc) is 2.83. The molecule has 1 saturated carbocycles. The Morgan fingerprint density at radius 2 is 2.22 bits per heavy atom. The molecule has 1 fully saturated rings. The van der Waals surface area contributed by atoms with E-state index in [0.717, 1.165) is 17.3 Å². The second-order valence-electron chi connectivity index (χ2n) is 4.58. The van der Waals surface area contributed by atoms with E-state index >= 15 is 0 Å². The van der Waals surface area contributed by atoms with E-state index in [1.54, 1.807) is 0 Å². The molecule has 0 spiro atoms. The maximum Gasteiger partial charge on any atom is 0.263 e. The molecule has 0 bridgehead atoms. The summed E-state index contributed by atoms with van der Waals surface area (Å²) in [6.45, 7) is 0. The van der Waals surface area contributed by atoms with Crippen LogP contribution in [-0.2, 0) is 0 Å². The minimum atomic E-state index is -0.355. The van der Waals surface area contributed by atoms with Crippen LogP contribution in [0.25, 0.3) is 0 Å². The van der Waals surface area contributed by atoms with Crippen molar-refractivity contribution in [2.24, 2.45) is 5.92 Å². The lowest BCUT2D eigenvalue weighted by molar-refractivity contribution is 0.0932. The van der Waals surface area contributed by atoms with Gasteiger partial charge < -0.3 is 5.32 Å². The highest BCUT2D eigenvalue weighted by Crippen LogP contribution is 2.27. The first-order valence-electron chi connectivity index (χ1n) is 6.16. The largest absolute Gasteiger partial charge is 0.335 e. The zero-order valence-corrected chi connectivity index (χ0v) is 12.4. The number of thiophene rings is 1. The Morgan fingerprint density at radius 3 is 2.78 bits per heavy atom. The van der Waals surface area contributed by atoms with Crippen molar-refractivity contribution in [1.29, 1.82) is 5.26 Å². The van der Waals surface area contributed by atoms with Gasteiger partial charge in [0.1, 0.15) is 10.9 Å². The zero-order valence-electron chi connectivity index (χ0n) is 9.99. The fraction of sp³-hybridized carbons (Fsp3) is 0.538. The Balaban J connectivity index is 2.00. The number of carbonyl (C=O) groups excluding carboxylic acids is 1. The van der Waals surface area contributed by atoms with Crippen molar-refractivity contribution in [2.45, 2.75) is 38.1 Å². The van der Waals surface area contributed by atoms with Gasteiger partial charge in [0.2, 0.25) is 0 Å². The lowest BCUT2D eigenvalue weighted by Gasteiger charge is -2.26. The molecule has 0 aliphatic heterocycles. The minimum Gasteiger partial charge on any atom is -0.335 e. The van der Waals surface area contributed by atoms with Gasteiger partial charge in [-0.25, -0.2) is 0 Å². The van der Waals surface area contributed by atoms with E-state index in [1.165, 1.54) is 30.6 Å². The van der Waals surface area contributed by atoms with Gasteiger partial charge in [0.25, 0.3) is 5.91 Å². The Morgan fingerprint density at radius 1 is 1.50 bits per heavy atom. The summed E-state index contributed by atoms with van der Waals surface area (Å²) >= 11 is 4.73. The molecule has 0 aromatic carbocycles. The molecule has 1 aliphatic carbocycles. The van der Waals surface area contributed by atoms with Crippen molar-refractivity contribution in [3.05, 3.63) is 20.8 Å². The normalized spacial score (nSPS) is 18.0. The molecule has 96 valence electrons. The number of hydrogen-bond donors (Lipinski definition) is 1. The summed E-state index contributed by atoms with van der Waals surface area (Å²) in [7, 11) is 0. The average molecular weight is 327 g/mol. The number of amides is 1. The summed E-state index contributed by atoms with van der Waals surface area (Å²) in [6, 6.07) is 3.74. The third-order valence-electron chi connectivity index (χ3n) is 3.37. The molecule has 1 aromatic rings. The van der Waals surface area contributed by atoms with Gasteiger partial charge >= 0.3 is 0 Å². The van der Waals surface area contributed by atoms with Crippen LogP contribution in [0.4, 0.5) is 0 Å². The lowest BCUT2D eigenvalue weighted by atomic mass is 9.84. The van der Waals surface area contributed by atoms with Crippen molar-refractivity contribution < 1.29 is 4.79 Å². The van der Waals surface area contributed by atoms with E-state index in [0.29, 0.717) is 10.8 Å². The Kier molecular flexibility index (Phi) is 4.79. The zero-order chi connectivity index (χ0) is 13.0. The number of hydrogen-bond acceptors (Lipinski definition) is 3. The second kappa shape index (κ2) is 6.35. The van der Waals surface area contributed by atoms with E-state index in [4.69, 9.17) is 0 Å². The first-order valence-corrected chi connectivity index (χ1v) is 7.83. The second-order valence-corrected chi connectivity index (χ2v) is 6.35. The van der Waals surface area contributed by atoms with Crippen LogP contribution >= 0.6 is 27.3 Å². The van der Waals surface area contributed by atoms with E-state index in [-0.39, 0.29) is 11.9 Å². The topological polar surface area (TPSA) is 52.9 Å². The van der Waals surface area contributed by atoms with Crippen molar-refractivity contribution >= 4 is 33.2 Å². The van der Waals surface area contributed by atoms with Crippen molar-refractivity contribution in [2.75, 3.05) is 0 Å². The van der Waals surface area contributed by atoms with Gasteiger partial charge in [-0.2, -0.15) is 5.26 Å². The molecule has 3 nitrogen and oxygen atoms in total. The number of nitriles is 1. The molecular weight excluding hydrogens is 312 g/mol. The van der Waals surface area contributed by atoms with Crippen LogP contribution in [0.3, 0.4) is 0 Å². The molecule has 1 heterocycles. The molecule has 18 heavy (non-hydrogen) atoms. The third kappa shape index (κ3) is 3.12. The van der Waals surface area contributed by atoms with Gasteiger partial charge in [-0.1, -0.05) is 19.3 Å². The summed E-state index contributed by atoms with van der Waals surface area (Å²) in [5, 5.41) is 13.9. The van der Waals surface area contributed by atoms with Crippen LogP contribution in [0.5, 0.6) is 0 Å². The van der Waals surface area contributed by atoms with E-state index in [9.17, 15) is 10.1 Å². The smallest absolute Gasteiger partial charge is 0.263 e. The van der Waals surface area contributed by atoms with Crippen LogP contribution in [0.15, 0.2) is 15.9 Å². The Bertz CT molecular complexity index is 460. The molecule has 2 rings (SSSR count). The fourth-order valence-electron chi connectivity index (χ4n) is 2.39. The predicted molar refractivity (Wildman–Crippen MR) is 75.5 cm³/mol. The van der Waals surface area contributed by atoms with Crippen LogP contribution in [-0.4, -0.2) is 11.9 Å². The maximum atomic E-state index is 12.1. The van der Waals surface area contributed by atoms with Crippen LogP contribution in [0.2, 0.25) is 0 Å². The van der Waals surface area contributed by atoms with Crippen LogP contribution in [0.1, 0.15) is 41.8 Å². The number of carbonyl (C=O) groups is 1. The molecule has 1 unspecified atom stereocenters. The van der Waals surface area contributed by atoms with Crippen molar-refractivity contribution in [3.63, 3.8) is 0 Å². The third-order valence-corrected chi connectivity index (χ3v) is 5.21. The van der Waals surface area contributed by atoms with Gasteiger partial charge in [0.05, 0.1) is 6.07 Å². The van der Waals surface area contributed by atoms with Crippen LogP contribution in [0, 0.1) is 17.2 Å². The molecule has 1 aliphatic rings. The Hall–Kier alpha value is -0.860. The predicted octanol–water partition coefficient (Wildman–Crippen LogP) is 3.71. The fourth-order valence-corrected chi connectivity index (χ4v) is 3.84. The molecular formula is C13H15BrN2OS. The molecule has 1 N–H and O–H groups in total. The molecule has 1 aromatic heterocycles. The maximum absolute atomic E-state index is 12.1. The summed E-state index contributed by atoms with van der Waals surface area (Å²) in [4.78, 5) is 12.7. The first kappa shape index (κ1) is 13.6. The summed E-state index contributed by atoms with van der Waals surface area (Å²) in [6.07, 6.45) is 5.68. The van der Waals surface area contributed by atoms with Crippen molar-refractivity contribution in [1.82, 2.24) is 5.32 Å². The number of nitrogens with one attached hydrogen (secondary N) is 1. The molecule has 5 heteroatoms. The van der Waals surface area contributed by atoms with Gasteiger partial charge in [-0.05, 0) is 46.1 Å².